The topological polar surface area (TPSA) is 81.8 Å². The predicted octanol–water partition coefficient (Wildman–Crippen LogP) is 5.16. The highest BCUT2D eigenvalue weighted by atomic mass is 35.5. The molecule has 3 aromatic rings. The first kappa shape index (κ1) is 25.8. The lowest BCUT2D eigenvalue weighted by Crippen LogP contribution is -2.47. The number of halogens is 2. The summed E-state index contributed by atoms with van der Waals surface area (Å²) in [5.74, 6) is -0.592. The highest BCUT2D eigenvalue weighted by molar-refractivity contribution is 6.35. The van der Waals surface area contributed by atoms with Crippen molar-refractivity contribution in [1.29, 1.82) is 0 Å². The number of nitrogens with zero attached hydrogens (tertiary/aromatic N) is 2. The molecule has 0 saturated carbocycles. The van der Waals surface area contributed by atoms with Crippen LogP contribution in [0.2, 0.25) is 10.0 Å². The average Bonchev–Trinajstić information content (AvgIpc) is 3.23. The summed E-state index contributed by atoms with van der Waals surface area (Å²) in [6.07, 6.45) is 0. The van der Waals surface area contributed by atoms with Crippen molar-refractivity contribution in [2.24, 2.45) is 0 Å². The molecule has 7 nitrogen and oxygen atoms in total. The van der Waals surface area contributed by atoms with Gasteiger partial charge in [0.25, 0.3) is 5.91 Å². The minimum Gasteiger partial charge on any atom is -0.350 e. The van der Waals surface area contributed by atoms with Gasteiger partial charge in [0.05, 0.1) is 23.9 Å². The first-order chi connectivity index (χ1) is 18.4. The second kappa shape index (κ2) is 10.9. The van der Waals surface area contributed by atoms with Crippen LogP contribution >= 0.6 is 23.2 Å². The number of amides is 4. The van der Waals surface area contributed by atoms with Gasteiger partial charge >= 0.3 is 6.03 Å². The van der Waals surface area contributed by atoms with Crippen LogP contribution in [-0.4, -0.2) is 47.3 Å². The van der Waals surface area contributed by atoms with Gasteiger partial charge in [0, 0.05) is 23.1 Å². The van der Waals surface area contributed by atoms with Crippen molar-refractivity contribution in [3.63, 3.8) is 0 Å². The number of carbonyl (C=O) groups is 3. The molecule has 4 amide bonds. The van der Waals surface area contributed by atoms with Gasteiger partial charge in [-0.2, -0.15) is 0 Å². The summed E-state index contributed by atoms with van der Waals surface area (Å²) in [4.78, 5) is 42.1. The number of nitrogens with one attached hydrogen (secondary N) is 2. The Hall–Kier alpha value is -3.81. The molecule has 0 bridgehead atoms. The molecule has 2 aliphatic heterocycles. The molecule has 5 rings (SSSR count). The third-order valence-electron chi connectivity index (χ3n) is 6.77. The maximum absolute atomic E-state index is 13.5. The van der Waals surface area contributed by atoms with Crippen LogP contribution in [0.5, 0.6) is 0 Å². The second-order valence-corrected chi connectivity index (χ2v) is 10.00. The van der Waals surface area contributed by atoms with E-state index in [4.69, 9.17) is 23.2 Å². The van der Waals surface area contributed by atoms with E-state index >= 15 is 0 Å². The van der Waals surface area contributed by atoms with E-state index in [0.717, 1.165) is 16.7 Å². The molecule has 0 unspecified atom stereocenters. The fourth-order valence-corrected chi connectivity index (χ4v) is 5.37. The summed E-state index contributed by atoms with van der Waals surface area (Å²) in [7, 11) is 0. The first-order valence-corrected chi connectivity index (χ1v) is 13.1. The zero-order chi connectivity index (χ0) is 26.8. The molecule has 2 heterocycles. The summed E-state index contributed by atoms with van der Waals surface area (Å²) >= 11 is 12.5. The molecule has 0 spiro atoms. The van der Waals surface area contributed by atoms with Gasteiger partial charge in [-0.3, -0.25) is 14.5 Å². The zero-order valence-electron chi connectivity index (χ0n) is 20.7. The molecule has 3 aromatic carbocycles. The Morgan fingerprint density at radius 3 is 2.39 bits per heavy atom. The van der Waals surface area contributed by atoms with E-state index in [-0.39, 0.29) is 30.9 Å². The third kappa shape index (κ3) is 5.12. The largest absolute Gasteiger partial charge is 0.350 e. The van der Waals surface area contributed by atoms with E-state index in [1.807, 2.05) is 61.5 Å². The van der Waals surface area contributed by atoms with Gasteiger partial charge in [-0.1, -0.05) is 83.9 Å². The number of likely N-dealkylation sites (N-methyl/N-ethyl adjacent to an activating group) is 1. The fraction of sp³-hybridized carbons (Fsp3) is 0.207. The van der Waals surface area contributed by atoms with Crippen molar-refractivity contribution < 1.29 is 14.4 Å². The Kier molecular flexibility index (Phi) is 7.40. The summed E-state index contributed by atoms with van der Waals surface area (Å²) < 4.78 is 0. The molecular weight excluding hydrogens is 523 g/mol. The van der Waals surface area contributed by atoms with E-state index in [9.17, 15) is 14.4 Å². The maximum Gasteiger partial charge on any atom is 0.322 e. The normalized spacial score (nSPS) is 17.0. The molecule has 0 aromatic heterocycles. The summed E-state index contributed by atoms with van der Waals surface area (Å²) in [6.45, 7) is 2.60. The number of hydrogen-bond acceptors (Lipinski definition) is 3. The maximum atomic E-state index is 13.5. The monoisotopic (exact) mass is 548 g/mol. The Morgan fingerprint density at radius 1 is 1.00 bits per heavy atom. The average molecular weight is 549 g/mol. The van der Waals surface area contributed by atoms with Crippen LogP contribution in [0, 0.1) is 0 Å². The first-order valence-electron chi connectivity index (χ1n) is 12.3. The molecule has 194 valence electrons. The van der Waals surface area contributed by atoms with Gasteiger partial charge in [0.15, 0.2) is 0 Å². The molecule has 2 N–H and O–H groups in total. The SMILES string of the molecule is CCN1C(=O)N[C@H](c2ccc(Cl)cc2Cl)C2=C1CN(CC(=O)NCc1ccc(-c3ccccc3)cc1)C2=O. The predicted molar refractivity (Wildman–Crippen MR) is 147 cm³/mol. The Labute approximate surface area is 231 Å². The van der Waals surface area contributed by atoms with Crippen molar-refractivity contribution in [3.05, 3.63) is 105 Å². The van der Waals surface area contributed by atoms with Crippen molar-refractivity contribution in [1.82, 2.24) is 20.4 Å². The summed E-state index contributed by atoms with van der Waals surface area (Å²) in [5.41, 5.74) is 4.75. The van der Waals surface area contributed by atoms with Crippen molar-refractivity contribution in [2.45, 2.75) is 19.5 Å². The van der Waals surface area contributed by atoms with Gasteiger partial charge in [-0.25, -0.2) is 4.79 Å². The van der Waals surface area contributed by atoms with Crippen molar-refractivity contribution in [2.75, 3.05) is 19.6 Å². The van der Waals surface area contributed by atoms with Crippen molar-refractivity contribution >= 4 is 41.0 Å². The molecule has 38 heavy (non-hydrogen) atoms. The molecule has 2 aliphatic rings. The summed E-state index contributed by atoms with van der Waals surface area (Å²) in [5, 5.41) is 6.59. The second-order valence-electron chi connectivity index (χ2n) is 9.15. The van der Waals surface area contributed by atoms with Crippen LogP contribution in [0.4, 0.5) is 4.79 Å². The number of benzene rings is 3. The highest BCUT2D eigenvalue weighted by Crippen LogP contribution is 2.39. The lowest BCUT2D eigenvalue weighted by Gasteiger charge is -2.33. The number of rotatable bonds is 7. The van der Waals surface area contributed by atoms with Crippen LogP contribution in [0.1, 0.15) is 24.1 Å². The van der Waals surface area contributed by atoms with Crippen molar-refractivity contribution in [3.8, 4) is 11.1 Å². The van der Waals surface area contributed by atoms with Crippen LogP contribution in [0.3, 0.4) is 0 Å². The van der Waals surface area contributed by atoms with E-state index in [1.54, 1.807) is 18.2 Å². The minimum absolute atomic E-state index is 0.124. The van der Waals surface area contributed by atoms with Gasteiger partial charge in [-0.05, 0) is 41.3 Å². The van der Waals surface area contributed by atoms with E-state index < -0.39 is 6.04 Å². The van der Waals surface area contributed by atoms with Gasteiger partial charge in [0.2, 0.25) is 5.91 Å². The molecule has 0 fully saturated rings. The number of hydrogen-bond donors (Lipinski definition) is 2. The highest BCUT2D eigenvalue weighted by Gasteiger charge is 2.44. The third-order valence-corrected chi connectivity index (χ3v) is 7.33. The molecule has 1 atom stereocenters. The van der Waals surface area contributed by atoms with Crippen LogP contribution in [0.15, 0.2) is 84.1 Å². The quantitative estimate of drug-likeness (QED) is 0.427. The Balaban J connectivity index is 1.27. The minimum atomic E-state index is -0.728. The van der Waals surface area contributed by atoms with Crippen LogP contribution in [-0.2, 0) is 16.1 Å². The molecule has 9 heteroatoms. The van der Waals surface area contributed by atoms with E-state index in [1.165, 1.54) is 9.80 Å². The summed E-state index contributed by atoms with van der Waals surface area (Å²) in [6, 6.07) is 21.9. The Bertz CT molecular complexity index is 1420. The van der Waals surface area contributed by atoms with Crippen LogP contribution < -0.4 is 10.6 Å². The zero-order valence-corrected chi connectivity index (χ0v) is 22.2. The molecule has 0 aliphatic carbocycles. The van der Waals surface area contributed by atoms with Crippen LogP contribution in [0.25, 0.3) is 11.1 Å². The Morgan fingerprint density at radius 2 is 1.71 bits per heavy atom. The van der Waals surface area contributed by atoms with E-state index in [2.05, 4.69) is 10.6 Å². The standard InChI is InChI=1S/C29H26Cl2N4O3/c1-2-35-24-16-34(28(37)26(24)27(33-29(35)38)22-13-12-21(30)14-23(22)31)17-25(36)32-15-18-8-10-20(11-9-18)19-6-4-3-5-7-19/h3-14,27H,2,15-17H2,1H3,(H,32,36)(H,33,38)/t27-/m1/s1. The van der Waals surface area contributed by atoms with E-state index in [0.29, 0.717) is 40.0 Å². The van der Waals surface area contributed by atoms with Gasteiger partial charge < -0.3 is 15.5 Å². The van der Waals surface area contributed by atoms with Gasteiger partial charge in [0.1, 0.15) is 6.54 Å². The number of urea groups is 1. The molecule has 0 radical (unpaired) electrons. The lowest BCUT2D eigenvalue weighted by atomic mass is 9.95. The van der Waals surface area contributed by atoms with Gasteiger partial charge in [-0.15, -0.1) is 0 Å². The fourth-order valence-electron chi connectivity index (χ4n) is 4.86. The molecular formula is C29H26Cl2N4O3. The lowest BCUT2D eigenvalue weighted by molar-refractivity contribution is -0.132. The smallest absolute Gasteiger partial charge is 0.322 e. The molecule has 0 saturated heterocycles. The number of carbonyl (C=O) groups excluding carboxylic acids is 3.